The molecule has 1 amide bonds. The molecule has 0 radical (unpaired) electrons. The fourth-order valence-electron chi connectivity index (χ4n) is 2.53. The SMILES string of the molecule is Cn1cc(C(NC(=O)c2cccc(O)c2O)c2ccc(F)cc2)cn1. The summed E-state index contributed by atoms with van der Waals surface area (Å²) in [7, 11) is 1.74. The summed E-state index contributed by atoms with van der Waals surface area (Å²) in [5.41, 5.74) is 1.29. The summed E-state index contributed by atoms with van der Waals surface area (Å²) in [6.45, 7) is 0. The van der Waals surface area contributed by atoms with E-state index in [1.165, 1.54) is 30.3 Å². The predicted molar refractivity (Wildman–Crippen MR) is 88.7 cm³/mol. The summed E-state index contributed by atoms with van der Waals surface area (Å²) < 4.78 is 14.8. The van der Waals surface area contributed by atoms with E-state index in [1.807, 2.05) is 0 Å². The zero-order chi connectivity index (χ0) is 18.0. The molecule has 25 heavy (non-hydrogen) atoms. The fraction of sp³-hybridized carbons (Fsp3) is 0.111. The van der Waals surface area contributed by atoms with E-state index < -0.39 is 17.7 Å². The van der Waals surface area contributed by atoms with Gasteiger partial charge in [0.05, 0.1) is 17.8 Å². The van der Waals surface area contributed by atoms with Crippen molar-refractivity contribution in [3.8, 4) is 11.5 Å². The van der Waals surface area contributed by atoms with Crippen LogP contribution in [0.3, 0.4) is 0 Å². The molecule has 1 aromatic heterocycles. The van der Waals surface area contributed by atoms with E-state index in [-0.39, 0.29) is 17.1 Å². The number of aromatic nitrogens is 2. The second-order valence-electron chi connectivity index (χ2n) is 5.58. The van der Waals surface area contributed by atoms with Crippen LogP contribution >= 0.6 is 0 Å². The number of carbonyl (C=O) groups excluding carboxylic acids is 1. The third-order valence-electron chi connectivity index (χ3n) is 3.80. The van der Waals surface area contributed by atoms with E-state index in [0.717, 1.165) is 0 Å². The molecule has 1 atom stereocenters. The highest BCUT2D eigenvalue weighted by Gasteiger charge is 2.22. The lowest BCUT2D eigenvalue weighted by molar-refractivity contribution is 0.0939. The van der Waals surface area contributed by atoms with E-state index in [9.17, 15) is 19.4 Å². The van der Waals surface area contributed by atoms with Gasteiger partial charge in [-0.05, 0) is 29.8 Å². The molecule has 0 aliphatic heterocycles. The Balaban J connectivity index is 1.96. The number of hydrogen-bond donors (Lipinski definition) is 3. The average Bonchev–Trinajstić information content (AvgIpc) is 3.02. The van der Waals surface area contributed by atoms with Gasteiger partial charge in [0, 0.05) is 18.8 Å². The van der Waals surface area contributed by atoms with Crippen molar-refractivity contribution in [2.45, 2.75) is 6.04 Å². The van der Waals surface area contributed by atoms with Gasteiger partial charge < -0.3 is 15.5 Å². The molecule has 0 aliphatic carbocycles. The Labute approximate surface area is 143 Å². The smallest absolute Gasteiger partial charge is 0.255 e. The zero-order valence-corrected chi connectivity index (χ0v) is 13.3. The molecule has 0 saturated carbocycles. The number of nitrogens with zero attached hydrogens (tertiary/aromatic N) is 2. The van der Waals surface area contributed by atoms with Crippen molar-refractivity contribution in [1.29, 1.82) is 0 Å². The van der Waals surface area contributed by atoms with Crippen molar-refractivity contribution < 1.29 is 19.4 Å². The van der Waals surface area contributed by atoms with Crippen molar-refractivity contribution >= 4 is 5.91 Å². The van der Waals surface area contributed by atoms with Gasteiger partial charge in [0.2, 0.25) is 0 Å². The quantitative estimate of drug-likeness (QED) is 0.636. The molecule has 3 N–H and O–H groups in total. The van der Waals surface area contributed by atoms with Gasteiger partial charge in [0.25, 0.3) is 5.91 Å². The maximum absolute atomic E-state index is 13.2. The van der Waals surface area contributed by atoms with Gasteiger partial charge in [-0.25, -0.2) is 4.39 Å². The van der Waals surface area contributed by atoms with E-state index in [4.69, 9.17) is 0 Å². The minimum absolute atomic E-state index is 0.0593. The van der Waals surface area contributed by atoms with Crippen molar-refractivity contribution in [3.63, 3.8) is 0 Å². The molecule has 0 saturated heterocycles. The number of amides is 1. The highest BCUT2D eigenvalue weighted by molar-refractivity contribution is 5.98. The summed E-state index contributed by atoms with van der Waals surface area (Å²) in [5, 5.41) is 26.3. The van der Waals surface area contributed by atoms with Crippen LogP contribution in [0.25, 0.3) is 0 Å². The maximum Gasteiger partial charge on any atom is 0.255 e. The first-order valence-corrected chi connectivity index (χ1v) is 7.51. The molecular weight excluding hydrogens is 325 g/mol. The molecule has 3 rings (SSSR count). The number of nitrogens with one attached hydrogen (secondary N) is 1. The van der Waals surface area contributed by atoms with Gasteiger partial charge in [-0.3, -0.25) is 9.48 Å². The van der Waals surface area contributed by atoms with Crippen molar-refractivity contribution in [1.82, 2.24) is 15.1 Å². The predicted octanol–water partition coefficient (Wildman–Crippen LogP) is 2.49. The summed E-state index contributed by atoms with van der Waals surface area (Å²) in [6, 6.07) is 9.28. The summed E-state index contributed by atoms with van der Waals surface area (Å²) in [6.07, 6.45) is 3.33. The molecule has 0 spiro atoms. The molecule has 0 fully saturated rings. The Morgan fingerprint density at radius 1 is 1.16 bits per heavy atom. The number of rotatable bonds is 4. The number of carbonyl (C=O) groups is 1. The molecule has 0 bridgehead atoms. The minimum Gasteiger partial charge on any atom is -0.504 e. The molecule has 1 unspecified atom stereocenters. The van der Waals surface area contributed by atoms with Crippen LogP contribution in [0.5, 0.6) is 11.5 Å². The first kappa shape index (κ1) is 16.5. The van der Waals surface area contributed by atoms with Gasteiger partial charge in [0.1, 0.15) is 5.82 Å². The lowest BCUT2D eigenvalue weighted by atomic mass is 10.0. The second kappa shape index (κ2) is 6.64. The van der Waals surface area contributed by atoms with Crippen molar-refractivity contribution in [3.05, 3.63) is 77.4 Å². The van der Waals surface area contributed by atoms with Gasteiger partial charge in [-0.2, -0.15) is 5.10 Å². The average molecular weight is 341 g/mol. The summed E-state index contributed by atoms with van der Waals surface area (Å²) >= 11 is 0. The second-order valence-corrected chi connectivity index (χ2v) is 5.58. The molecule has 6 nitrogen and oxygen atoms in total. The Morgan fingerprint density at radius 2 is 1.88 bits per heavy atom. The first-order chi connectivity index (χ1) is 12.0. The lowest BCUT2D eigenvalue weighted by Gasteiger charge is -2.18. The Kier molecular flexibility index (Phi) is 4.38. The summed E-state index contributed by atoms with van der Waals surface area (Å²) in [4.78, 5) is 12.6. The molecule has 2 aromatic carbocycles. The van der Waals surface area contributed by atoms with Crippen molar-refractivity contribution in [2.75, 3.05) is 0 Å². The Bertz CT molecular complexity index is 906. The first-order valence-electron chi connectivity index (χ1n) is 7.51. The lowest BCUT2D eigenvalue weighted by Crippen LogP contribution is -2.29. The number of para-hydroxylation sites is 1. The van der Waals surface area contributed by atoms with Crippen LogP contribution in [-0.4, -0.2) is 25.9 Å². The standard InChI is InChI=1S/C18H16FN3O3/c1-22-10-12(9-20-22)16(11-5-7-13(19)8-6-11)21-18(25)14-3-2-4-15(23)17(14)24/h2-10,16,23-24H,1H3,(H,21,25). The highest BCUT2D eigenvalue weighted by Crippen LogP contribution is 2.29. The van der Waals surface area contributed by atoms with Gasteiger partial charge in [-0.1, -0.05) is 18.2 Å². The minimum atomic E-state index is -0.594. The molecule has 1 heterocycles. The number of halogens is 1. The van der Waals surface area contributed by atoms with Crippen LogP contribution in [-0.2, 0) is 7.05 Å². The number of phenolic OH excluding ortho intramolecular Hbond substituents is 2. The Morgan fingerprint density at radius 3 is 2.52 bits per heavy atom. The topological polar surface area (TPSA) is 87.4 Å². The van der Waals surface area contributed by atoms with Gasteiger partial charge in [-0.15, -0.1) is 0 Å². The largest absolute Gasteiger partial charge is 0.504 e. The number of aromatic hydroxyl groups is 2. The third kappa shape index (κ3) is 3.45. The molecule has 128 valence electrons. The van der Waals surface area contributed by atoms with E-state index in [1.54, 1.807) is 36.3 Å². The van der Waals surface area contributed by atoms with Crippen LogP contribution in [0.4, 0.5) is 4.39 Å². The van der Waals surface area contributed by atoms with Crippen LogP contribution < -0.4 is 5.32 Å². The molecule has 3 aromatic rings. The number of benzene rings is 2. The number of hydrogen-bond acceptors (Lipinski definition) is 4. The van der Waals surface area contributed by atoms with Crippen molar-refractivity contribution in [2.24, 2.45) is 7.05 Å². The number of aryl methyl sites for hydroxylation is 1. The third-order valence-corrected chi connectivity index (χ3v) is 3.80. The zero-order valence-electron chi connectivity index (χ0n) is 13.3. The normalized spacial score (nSPS) is 11.9. The highest BCUT2D eigenvalue weighted by atomic mass is 19.1. The monoisotopic (exact) mass is 341 g/mol. The fourth-order valence-corrected chi connectivity index (χ4v) is 2.53. The number of phenols is 2. The Hall–Kier alpha value is -3.35. The van der Waals surface area contributed by atoms with Crippen LogP contribution in [0, 0.1) is 5.82 Å². The van der Waals surface area contributed by atoms with E-state index >= 15 is 0 Å². The molecule has 0 aliphatic rings. The van der Waals surface area contributed by atoms with E-state index in [0.29, 0.717) is 11.1 Å². The van der Waals surface area contributed by atoms with Gasteiger partial charge in [0.15, 0.2) is 11.5 Å². The maximum atomic E-state index is 13.2. The van der Waals surface area contributed by atoms with Crippen LogP contribution in [0.1, 0.15) is 27.5 Å². The van der Waals surface area contributed by atoms with E-state index in [2.05, 4.69) is 10.4 Å². The van der Waals surface area contributed by atoms with Gasteiger partial charge >= 0.3 is 0 Å². The molecule has 7 heteroatoms. The van der Waals surface area contributed by atoms with Crippen LogP contribution in [0.15, 0.2) is 54.9 Å². The van der Waals surface area contributed by atoms with Crippen LogP contribution in [0.2, 0.25) is 0 Å². The molecular formula is C18H16FN3O3. The summed E-state index contributed by atoms with van der Waals surface area (Å²) in [5.74, 6) is -1.84.